The van der Waals surface area contributed by atoms with Gasteiger partial charge in [-0.2, -0.15) is 10.1 Å². The normalized spacial score (nSPS) is 13.3. The molecule has 0 N–H and O–H groups in total. The van der Waals surface area contributed by atoms with E-state index in [0.717, 1.165) is 21.7 Å². The Morgan fingerprint density at radius 1 is 1.04 bits per heavy atom. The van der Waals surface area contributed by atoms with E-state index >= 15 is 0 Å². The van der Waals surface area contributed by atoms with Gasteiger partial charge in [0, 0.05) is 12.1 Å². The standard InChI is InChI=1S/C34H26N4O6S2/c1-43-25-14-17-28-31(19-25)45-34(36-28)38(35-20-24-21-44-30-11-5-3-9-27(30)32(24)39)33(40)23-12-15-26(16-13-23)46(41,42)37-18-6-8-22-7-2-4-10-29(22)37/h2-5,7,9-17,19-21H,6,8,18H2,1H3/b35-20+. The van der Waals surface area contributed by atoms with E-state index < -0.39 is 15.9 Å². The minimum atomic E-state index is -3.87. The second-order valence-corrected chi connectivity index (χ2v) is 13.4. The average molecular weight is 651 g/mol. The first kappa shape index (κ1) is 29.4. The molecular weight excluding hydrogens is 625 g/mol. The number of ether oxygens (including phenoxy) is 1. The Hall–Kier alpha value is -5.33. The number of para-hydroxylation sites is 2. The molecule has 7 rings (SSSR count). The van der Waals surface area contributed by atoms with Crippen molar-refractivity contribution in [2.24, 2.45) is 5.10 Å². The minimum Gasteiger partial charge on any atom is -0.497 e. The predicted molar refractivity (Wildman–Crippen MR) is 179 cm³/mol. The molecule has 1 amide bonds. The number of aryl methyl sites for hydroxylation is 1. The number of aromatic nitrogens is 1. The van der Waals surface area contributed by atoms with E-state index in [0.29, 0.717) is 40.9 Å². The maximum absolute atomic E-state index is 14.0. The van der Waals surface area contributed by atoms with Gasteiger partial charge in [-0.15, -0.1) is 0 Å². The summed E-state index contributed by atoms with van der Waals surface area (Å²) in [5.41, 5.74) is 2.72. The van der Waals surface area contributed by atoms with Crippen LogP contribution in [0.25, 0.3) is 21.2 Å². The lowest BCUT2D eigenvalue weighted by Gasteiger charge is -2.30. The molecule has 46 heavy (non-hydrogen) atoms. The number of thiazole rings is 1. The molecule has 6 aromatic rings. The molecule has 0 aliphatic carbocycles. The molecule has 230 valence electrons. The van der Waals surface area contributed by atoms with Gasteiger partial charge in [0.25, 0.3) is 15.9 Å². The van der Waals surface area contributed by atoms with Crippen LogP contribution in [0.4, 0.5) is 10.8 Å². The average Bonchev–Trinajstić information content (AvgIpc) is 3.52. The first-order valence-corrected chi connectivity index (χ1v) is 16.6. The van der Waals surface area contributed by atoms with Gasteiger partial charge in [0.2, 0.25) is 10.6 Å². The number of carbonyl (C=O) groups excluding carboxylic acids is 1. The second-order valence-electron chi connectivity index (χ2n) is 10.5. The van der Waals surface area contributed by atoms with E-state index in [-0.39, 0.29) is 26.6 Å². The largest absolute Gasteiger partial charge is 0.497 e. The van der Waals surface area contributed by atoms with Gasteiger partial charge in [-0.05, 0) is 79.1 Å². The summed E-state index contributed by atoms with van der Waals surface area (Å²) in [6, 6.07) is 25.4. The van der Waals surface area contributed by atoms with Gasteiger partial charge < -0.3 is 9.15 Å². The molecule has 0 bridgehead atoms. The van der Waals surface area contributed by atoms with Crippen molar-refractivity contribution < 1.29 is 22.4 Å². The first-order chi connectivity index (χ1) is 22.3. The molecule has 0 atom stereocenters. The fourth-order valence-corrected chi connectivity index (χ4v) is 7.86. The van der Waals surface area contributed by atoms with Crippen molar-refractivity contribution in [1.82, 2.24) is 4.98 Å². The summed E-state index contributed by atoms with van der Waals surface area (Å²) in [4.78, 5) is 31.8. The number of methoxy groups -OCH3 is 1. The van der Waals surface area contributed by atoms with Crippen LogP contribution in [0.3, 0.4) is 0 Å². The summed E-state index contributed by atoms with van der Waals surface area (Å²) in [5, 5.41) is 6.12. The lowest BCUT2D eigenvalue weighted by Crippen LogP contribution is -2.35. The quantitative estimate of drug-likeness (QED) is 0.148. The number of sulfonamides is 1. The molecule has 0 unspecified atom stereocenters. The Morgan fingerprint density at radius 3 is 2.65 bits per heavy atom. The van der Waals surface area contributed by atoms with Crippen molar-refractivity contribution in [3.05, 3.63) is 124 Å². The van der Waals surface area contributed by atoms with Crippen LogP contribution >= 0.6 is 11.3 Å². The van der Waals surface area contributed by atoms with Crippen LogP contribution in [0.5, 0.6) is 5.75 Å². The van der Waals surface area contributed by atoms with E-state index in [1.165, 1.54) is 52.4 Å². The number of nitrogens with zero attached hydrogens (tertiary/aromatic N) is 4. The number of carbonyl (C=O) groups is 1. The summed E-state index contributed by atoms with van der Waals surface area (Å²) >= 11 is 1.22. The van der Waals surface area contributed by atoms with Gasteiger partial charge in [0.1, 0.15) is 17.6 Å². The zero-order valence-electron chi connectivity index (χ0n) is 24.5. The van der Waals surface area contributed by atoms with E-state index in [1.807, 2.05) is 24.3 Å². The van der Waals surface area contributed by atoms with E-state index in [2.05, 4.69) is 10.1 Å². The molecule has 1 aliphatic heterocycles. The summed E-state index contributed by atoms with van der Waals surface area (Å²) in [7, 11) is -2.31. The highest BCUT2D eigenvalue weighted by Gasteiger charge is 2.29. The van der Waals surface area contributed by atoms with Crippen LogP contribution in [-0.4, -0.2) is 39.2 Å². The number of benzene rings is 4. The minimum absolute atomic E-state index is 0.0664. The number of rotatable bonds is 7. The Bertz CT molecular complexity index is 2310. The third-order valence-corrected chi connectivity index (χ3v) is 10.6. The van der Waals surface area contributed by atoms with E-state index in [4.69, 9.17) is 9.15 Å². The molecule has 0 fully saturated rings. The molecule has 2 aromatic heterocycles. The zero-order chi connectivity index (χ0) is 31.8. The van der Waals surface area contributed by atoms with Gasteiger partial charge in [-0.3, -0.25) is 13.9 Å². The van der Waals surface area contributed by atoms with Crippen LogP contribution in [-0.2, 0) is 16.4 Å². The monoisotopic (exact) mass is 650 g/mol. The first-order valence-electron chi connectivity index (χ1n) is 14.4. The number of amides is 1. The molecule has 12 heteroatoms. The van der Waals surface area contributed by atoms with Crippen LogP contribution in [0.2, 0.25) is 0 Å². The highest BCUT2D eigenvalue weighted by Crippen LogP contribution is 2.34. The molecule has 3 heterocycles. The molecule has 0 saturated carbocycles. The zero-order valence-corrected chi connectivity index (χ0v) is 26.1. The number of fused-ring (bicyclic) bond motifs is 3. The van der Waals surface area contributed by atoms with Crippen molar-refractivity contribution in [2.45, 2.75) is 17.7 Å². The molecule has 0 spiro atoms. The van der Waals surface area contributed by atoms with Gasteiger partial charge in [-0.25, -0.2) is 13.4 Å². The van der Waals surface area contributed by atoms with Crippen LogP contribution in [0.1, 0.15) is 27.9 Å². The highest BCUT2D eigenvalue weighted by atomic mass is 32.2. The van der Waals surface area contributed by atoms with Crippen molar-refractivity contribution >= 4 is 65.5 Å². The number of hydrogen-bond donors (Lipinski definition) is 0. The van der Waals surface area contributed by atoms with Crippen LogP contribution in [0, 0.1) is 0 Å². The summed E-state index contributed by atoms with van der Waals surface area (Å²) < 4.78 is 40.5. The smallest absolute Gasteiger partial charge is 0.280 e. The molecule has 0 saturated heterocycles. The topological polar surface area (TPSA) is 122 Å². The molecule has 10 nitrogen and oxygen atoms in total. The van der Waals surface area contributed by atoms with Gasteiger partial charge in [0.05, 0.1) is 45.1 Å². The lowest BCUT2D eigenvalue weighted by molar-refractivity contribution is 0.0987. The van der Waals surface area contributed by atoms with Gasteiger partial charge >= 0.3 is 0 Å². The van der Waals surface area contributed by atoms with E-state index in [1.54, 1.807) is 49.6 Å². The molecule has 4 aromatic carbocycles. The SMILES string of the molecule is COc1ccc2nc(N(/N=C/c3coc4ccccc4c3=O)C(=O)c3ccc(S(=O)(=O)N4CCCc5ccccc54)cc3)sc2c1. The fourth-order valence-electron chi connectivity index (χ4n) is 5.37. The van der Waals surface area contributed by atoms with Crippen LogP contribution in [0.15, 0.2) is 116 Å². The molecular formula is C34H26N4O6S2. The molecule has 0 radical (unpaired) electrons. The Balaban J connectivity index is 1.25. The van der Waals surface area contributed by atoms with Gasteiger partial charge in [-0.1, -0.05) is 41.7 Å². The fraction of sp³-hybridized carbons (Fsp3) is 0.118. The Morgan fingerprint density at radius 2 is 1.83 bits per heavy atom. The van der Waals surface area contributed by atoms with Crippen molar-refractivity contribution in [2.75, 3.05) is 23.0 Å². The van der Waals surface area contributed by atoms with Gasteiger partial charge in [0.15, 0.2) is 0 Å². The van der Waals surface area contributed by atoms with Crippen molar-refractivity contribution in [3.8, 4) is 5.75 Å². The molecule has 1 aliphatic rings. The summed E-state index contributed by atoms with van der Waals surface area (Å²) in [6.45, 7) is 0.369. The maximum Gasteiger partial charge on any atom is 0.280 e. The third kappa shape index (κ3) is 5.31. The highest BCUT2D eigenvalue weighted by molar-refractivity contribution is 7.92. The number of anilines is 2. The van der Waals surface area contributed by atoms with E-state index in [9.17, 15) is 18.0 Å². The van der Waals surface area contributed by atoms with Crippen molar-refractivity contribution in [1.29, 1.82) is 0 Å². The Labute approximate surface area is 267 Å². The van der Waals surface area contributed by atoms with Crippen molar-refractivity contribution in [3.63, 3.8) is 0 Å². The second kappa shape index (κ2) is 11.9. The lowest BCUT2D eigenvalue weighted by atomic mass is 10.0. The predicted octanol–water partition coefficient (Wildman–Crippen LogP) is 6.23. The maximum atomic E-state index is 14.0. The summed E-state index contributed by atoms with van der Waals surface area (Å²) in [5.74, 6) is 0.0608. The number of hydrazone groups is 1. The van der Waals surface area contributed by atoms with Crippen LogP contribution < -0.4 is 19.5 Å². The number of hydrogen-bond acceptors (Lipinski definition) is 9. The third-order valence-electron chi connectivity index (χ3n) is 7.73. The summed E-state index contributed by atoms with van der Waals surface area (Å²) in [6.07, 6.45) is 4.07. The Kier molecular flexibility index (Phi) is 7.59.